The Morgan fingerprint density at radius 1 is 1.00 bits per heavy atom. The van der Waals surface area contributed by atoms with Gasteiger partial charge < -0.3 is 5.73 Å². The molecule has 0 aromatic rings. The lowest BCUT2D eigenvalue weighted by molar-refractivity contribution is -0.353. The van der Waals surface area contributed by atoms with Gasteiger partial charge in [0.15, 0.2) is 0 Å². The molecule has 0 atom stereocenters. The minimum absolute atomic E-state index is 1.95. The molecular weight excluding hydrogens is 223 g/mol. The molecule has 0 aliphatic rings. The van der Waals surface area contributed by atoms with Crippen LogP contribution in [0.25, 0.3) is 0 Å². The molecule has 0 radical (unpaired) electrons. The zero-order valence-corrected chi connectivity index (χ0v) is 6.34. The smallest absolute Gasteiger partial charge is 0.369 e. The van der Waals surface area contributed by atoms with Crippen molar-refractivity contribution in [2.24, 2.45) is 5.73 Å². The highest BCUT2D eigenvalue weighted by Gasteiger charge is 2.73. The average Bonchev–Trinajstić information content (AvgIpc) is 1.80. The van der Waals surface area contributed by atoms with Crippen LogP contribution in [0.5, 0.6) is 0 Å². The number of carbonyl (C=O) groups is 1. The first kappa shape index (κ1) is 13.0. The largest absolute Gasteiger partial charge is 0.459 e. The third-order valence-electron chi connectivity index (χ3n) is 1.21. The maximum atomic E-state index is 12.2. The number of hydrogen-bond acceptors (Lipinski definition) is 1. The van der Waals surface area contributed by atoms with Gasteiger partial charge in [0.25, 0.3) is 0 Å². The lowest BCUT2D eigenvalue weighted by Crippen LogP contribution is -2.53. The molecule has 14 heavy (non-hydrogen) atoms. The van der Waals surface area contributed by atoms with E-state index in [4.69, 9.17) is 0 Å². The van der Waals surface area contributed by atoms with Gasteiger partial charge in [-0.2, -0.15) is 30.7 Å². The van der Waals surface area contributed by atoms with Crippen LogP contribution in [-0.4, -0.2) is 23.9 Å². The van der Waals surface area contributed by atoms with Crippen molar-refractivity contribution < 1.29 is 35.5 Å². The van der Waals surface area contributed by atoms with Crippen molar-refractivity contribution >= 4 is 5.91 Å². The first-order valence-electron chi connectivity index (χ1n) is 3.02. The van der Waals surface area contributed by atoms with Gasteiger partial charge in [0.1, 0.15) is 0 Å². The normalized spacial score (nSPS) is 14.2. The molecule has 84 valence electrons. The van der Waals surface area contributed by atoms with Crippen molar-refractivity contribution in [3.63, 3.8) is 0 Å². The highest BCUT2D eigenvalue weighted by atomic mass is 19.4. The third-order valence-corrected chi connectivity index (χ3v) is 1.21. The number of amides is 1. The van der Waals surface area contributed by atoms with E-state index in [1.54, 1.807) is 0 Å². The summed E-state index contributed by atoms with van der Waals surface area (Å²) in [7, 11) is 0. The van der Waals surface area contributed by atoms with Crippen molar-refractivity contribution in [3.05, 3.63) is 0 Å². The summed E-state index contributed by atoms with van der Waals surface area (Å²) in [5.74, 6) is -13.7. The van der Waals surface area contributed by atoms with Gasteiger partial charge in [0, 0.05) is 0 Å². The topological polar surface area (TPSA) is 43.1 Å². The summed E-state index contributed by atoms with van der Waals surface area (Å²) in [5, 5.41) is 0. The fourth-order valence-electron chi connectivity index (χ4n) is 0.537. The maximum Gasteiger partial charge on any atom is 0.459 e. The minimum Gasteiger partial charge on any atom is -0.369 e. The Balaban J connectivity index is 4.97. The zero-order chi connectivity index (χ0) is 11.8. The van der Waals surface area contributed by atoms with Crippen LogP contribution in [0.4, 0.5) is 30.7 Å². The van der Waals surface area contributed by atoms with Gasteiger partial charge in [-0.15, -0.1) is 0 Å². The Hall–Kier alpha value is -1.02. The van der Waals surface area contributed by atoms with Crippen molar-refractivity contribution in [1.82, 2.24) is 0 Å². The number of halogens is 7. The predicted molar refractivity (Wildman–Crippen MR) is 29.8 cm³/mol. The molecule has 0 spiro atoms. The van der Waals surface area contributed by atoms with Crippen molar-refractivity contribution in [2.75, 3.05) is 0 Å². The second-order valence-corrected chi connectivity index (χ2v) is 2.42. The maximum absolute atomic E-state index is 12.2. The Kier molecular flexibility index (Phi) is 3.04. The van der Waals surface area contributed by atoms with Crippen LogP contribution in [0.3, 0.4) is 0 Å². The van der Waals surface area contributed by atoms with Gasteiger partial charge in [-0.25, -0.2) is 0 Å². The van der Waals surface area contributed by atoms with E-state index in [1.807, 2.05) is 0 Å². The van der Waals surface area contributed by atoms with E-state index in [-0.39, 0.29) is 0 Å². The molecule has 0 saturated heterocycles. The van der Waals surface area contributed by atoms with Gasteiger partial charge >= 0.3 is 18.0 Å². The minimum atomic E-state index is -6.42. The Bertz CT molecular complexity index is 233. The van der Waals surface area contributed by atoms with E-state index in [0.29, 0.717) is 0 Å². The highest BCUT2D eigenvalue weighted by Crippen LogP contribution is 2.47. The van der Waals surface area contributed by atoms with Crippen molar-refractivity contribution in [1.29, 1.82) is 0 Å². The molecule has 0 aliphatic carbocycles. The Morgan fingerprint density at radius 2 is 1.36 bits per heavy atom. The Morgan fingerprint density at radius 3 is 1.57 bits per heavy atom. The van der Waals surface area contributed by atoms with Crippen LogP contribution in [0, 0.1) is 0 Å². The molecule has 0 saturated carbocycles. The van der Waals surface area contributed by atoms with Crippen LogP contribution in [-0.2, 0) is 4.79 Å². The monoisotopic (exact) mass is 227 g/mol. The Labute approximate surface area is 72.9 Å². The molecule has 2 N–H and O–H groups in total. The van der Waals surface area contributed by atoms with E-state index in [1.165, 1.54) is 0 Å². The van der Waals surface area contributed by atoms with E-state index >= 15 is 0 Å². The summed E-state index contributed by atoms with van der Waals surface area (Å²) >= 11 is 0. The van der Waals surface area contributed by atoms with Gasteiger partial charge in [-0.3, -0.25) is 4.79 Å². The highest BCUT2D eigenvalue weighted by molar-refractivity contribution is 5.74. The van der Waals surface area contributed by atoms with Crippen LogP contribution in [0.1, 0.15) is 6.42 Å². The average molecular weight is 227 g/mol. The molecule has 1 amide bonds. The van der Waals surface area contributed by atoms with Crippen LogP contribution in [0.15, 0.2) is 0 Å². The summed E-state index contributed by atoms with van der Waals surface area (Å²) in [5.41, 5.74) is 4.10. The van der Waals surface area contributed by atoms with Gasteiger partial charge in [-0.05, 0) is 0 Å². The van der Waals surface area contributed by atoms with Gasteiger partial charge in [-0.1, -0.05) is 0 Å². The molecule has 0 bridgehead atoms. The van der Waals surface area contributed by atoms with Crippen LogP contribution in [0.2, 0.25) is 0 Å². The molecule has 0 aliphatic heterocycles. The van der Waals surface area contributed by atoms with Crippen molar-refractivity contribution in [3.8, 4) is 0 Å². The van der Waals surface area contributed by atoms with Crippen molar-refractivity contribution in [2.45, 2.75) is 24.4 Å². The quantitative estimate of drug-likeness (QED) is 0.732. The molecule has 0 aromatic carbocycles. The molecule has 9 heteroatoms. The first-order valence-corrected chi connectivity index (χ1v) is 3.02. The van der Waals surface area contributed by atoms with Crippen LogP contribution < -0.4 is 5.73 Å². The summed E-state index contributed by atoms with van der Waals surface area (Å²) in [4.78, 5) is 9.83. The summed E-state index contributed by atoms with van der Waals surface area (Å²) in [6.07, 6.45) is -8.79. The summed E-state index contributed by atoms with van der Waals surface area (Å²) in [6.45, 7) is 0. The number of hydrogen-bond donors (Lipinski definition) is 1. The van der Waals surface area contributed by atoms with E-state index in [0.717, 1.165) is 0 Å². The second kappa shape index (κ2) is 3.28. The second-order valence-electron chi connectivity index (χ2n) is 2.42. The SMILES string of the molecule is NC(=O)CC(F)(F)C(F)(F)C(F)(F)F. The molecule has 0 rings (SSSR count). The van der Waals surface area contributed by atoms with Gasteiger partial charge in [0.2, 0.25) is 5.91 Å². The number of nitrogens with two attached hydrogens (primary N) is 1. The molecule has 2 nitrogen and oxygen atoms in total. The number of rotatable bonds is 3. The fraction of sp³-hybridized carbons (Fsp3) is 0.800. The lowest BCUT2D eigenvalue weighted by Gasteiger charge is -2.27. The fourth-order valence-corrected chi connectivity index (χ4v) is 0.537. The molecule has 0 fully saturated rings. The summed E-state index contributed by atoms with van der Waals surface area (Å²) in [6, 6.07) is 0. The third kappa shape index (κ3) is 2.26. The molecule has 0 heterocycles. The number of carbonyl (C=O) groups excluding carboxylic acids is 1. The van der Waals surface area contributed by atoms with E-state index < -0.39 is 30.3 Å². The van der Waals surface area contributed by atoms with Crippen LogP contribution >= 0.6 is 0 Å². The first-order chi connectivity index (χ1) is 5.92. The van der Waals surface area contributed by atoms with Gasteiger partial charge in [0.05, 0.1) is 6.42 Å². The number of alkyl halides is 7. The van der Waals surface area contributed by atoms with E-state index in [9.17, 15) is 35.5 Å². The lowest BCUT2D eigenvalue weighted by atomic mass is 10.1. The summed E-state index contributed by atoms with van der Waals surface area (Å²) < 4.78 is 82.5. The zero-order valence-electron chi connectivity index (χ0n) is 6.34. The standard InChI is InChI=1S/C5H4F7NO/c6-3(7,1-2(13)14)4(8,9)5(10,11)12/h1H2,(H2,13,14). The van der Waals surface area contributed by atoms with E-state index in [2.05, 4.69) is 5.73 Å². The molecule has 0 unspecified atom stereocenters. The number of primary amides is 1. The molecule has 0 aromatic heterocycles. The molecular formula is C5H4F7NO. The predicted octanol–water partition coefficient (Wildman–Crippen LogP) is 1.69.